The van der Waals surface area contributed by atoms with Crippen molar-refractivity contribution in [1.29, 1.82) is 0 Å². The van der Waals surface area contributed by atoms with Crippen LogP contribution >= 0.6 is 11.8 Å². The monoisotopic (exact) mass is 452 g/mol. The molecule has 0 aromatic heterocycles. The second-order valence-electron chi connectivity index (χ2n) is 8.09. The highest BCUT2D eigenvalue weighted by Gasteiger charge is 2.70. The third kappa shape index (κ3) is 4.21. The van der Waals surface area contributed by atoms with Crippen LogP contribution in [0.2, 0.25) is 0 Å². The first kappa shape index (κ1) is 22.5. The Morgan fingerprint density at radius 3 is 2.35 bits per heavy atom. The van der Waals surface area contributed by atoms with E-state index in [4.69, 9.17) is 28.4 Å². The van der Waals surface area contributed by atoms with Gasteiger partial charge < -0.3 is 28.4 Å². The highest BCUT2D eigenvalue weighted by Crippen LogP contribution is 2.53. The molecule has 31 heavy (non-hydrogen) atoms. The summed E-state index contributed by atoms with van der Waals surface area (Å²) < 4.78 is 35.0. The van der Waals surface area contributed by atoms with Crippen molar-refractivity contribution in [3.8, 4) is 0 Å². The van der Waals surface area contributed by atoms with Crippen LogP contribution in [-0.2, 0) is 38.0 Å². The number of hydrogen-bond donors (Lipinski definition) is 0. The van der Waals surface area contributed by atoms with Crippen molar-refractivity contribution in [2.75, 3.05) is 13.2 Å². The van der Waals surface area contributed by atoms with Crippen LogP contribution < -0.4 is 0 Å². The van der Waals surface area contributed by atoms with Gasteiger partial charge >= 0.3 is 11.9 Å². The predicted octanol–water partition coefficient (Wildman–Crippen LogP) is 2.68. The first-order valence-corrected chi connectivity index (χ1v) is 11.4. The fourth-order valence-corrected chi connectivity index (χ4v) is 5.71. The van der Waals surface area contributed by atoms with E-state index >= 15 is 0 Å². The molecule has 3 fully saturated rings. The molecule has 1 aromatic rings. The minimum absolute atomic E-state index is 0.157. The van der Waals surface area contributed by atoms with E-state index in [1.54, 1.807) is 27.7 Å². The number of fused-ring (bicyclic) bond motifs is 3. The van der Waals surface area contributed by atoms with Crippen molar-refractivity contribution < 1.29 is 38.0 Å². The fraction of sp³-hybridized carbons (Fsp3) is 0.636. The van der Waals surface area contributed by atoms with Gasteiger partial charge in [0.1, 0.15) is 18.3 Å². The van der Waals surface area contributed by atoms with Gasteiger partial charge in [-0.2, -0.15) is 0 Å². The van der Waals surface area contributed by atoms with E-state index in [0.717, 1.165) is 4.90 Å². The van der Waals surface area contributed by atoms with Crippen molar-refractivity contribution in [1.82, 2.24) is 0 Å². The summed E-state index contributed by atoms with van der Waals surface area (Å²) in [6.45, 7) is 7.39. The lowest BCUT2D eigenvalue weighted by Gasteiger charge is -2.33. The largest absolute Gasteiger partial charge is 0.466 e. The second-order valence-corrected chi connectivity index (χ2v) is 9.31. The lowest BCUT2D eigenvalue weighted by Crippen LogP contribution is -2.52. The number of rotatable bonds is 7. The molecule has 3 aliphatic rings. The number of esters is 2. The minimum Gasteiger partial charge on any atom is -0.466 e. The maximum atomic E-state index is 13.3. The van der Waals surface area contributed by atoms with Crippen molar-refractivity contribution >= 4 is 23.7 Å². The molecule has 9 heteroatoms. The highest BCUT2D eigenvalue weighted by atomic mass is 32.2. The zero-order valence-electron chi connectivity index (χ0n) is 18.1. The summed E-state index contributed by atoms with van der Waals surface area (Å²) in [5.74, 6) is -1.97. The number of hydrogen-bond acceptors (Lipinski definition) is 9. The normalized spacial score (nSPS) is 35.4. The van der Waals surface area contributed by atoms with Crippen LogP contribution in [0, 0.1) is 0 Å². The first-order valence-electron chi connectivity index (χ1n) is 10.5. The van der Waals surface area contributed by atoms with Crippen LogP contribution in [0.5, 0.6) is 0 Å². The number of carbonyl (C=O) groups is 2. The van der Waals surface area contributed by atoms with Crippen molar-refractivity contribution in [3.63, 3.8) is 0 Å². The zero-order chi connectivity index (χ0) is 22.2. The van der Waals surface area contributed by atoms with E-state index < -0.39 is 53.2 Å². The molecule has 0 saturated carbocycles. The molecule has 0 amide bonds. The van der Waals surface area contributed by atoms with Crippen LogP contribution in [0.4, 0.5) is 0 Å². The summed E-state index contributed by atoms with van der Waals surface area (Å²) in [7, 11) is 0. The summed E-state index contributed by atoms with van der Waals surface area (Å²) in [5, 5.41) is -0.565. The highest BCUT2D eigenvalue weighted by molar-refractivity contribution is 8.00. The average molecular weight is 453 g/mol. The lowest BCUT2D eigenvalue weighted by atomic mass is 9.93. The van der Waals surface area contributed by atoms with E-state index in [9.17, 15) is 9.59 Å². The van der Waals surface area contributed by atoms with Crippen LogP contribution in [0.3, 0.4) is 0 Å². The van der Waals surface area contributed by atoms with Gasteiger partial charge in [-0.25, -0.2) is 4.79 Å². The Kier molecular flexibility index (Phi) is 6.33. The van der Waals surface area contributed by atoms with E-state index in [1.165, 1.54) is 11.8 Å². The van der Waals surface area contributed by atoms with Gasteiger partial charge in [-0.15, -0.1) is 11.8 Å². The second kappa shape index (κ2) is 8.71. The molecule has 0 radical (unpaired) electrons. The Balaban J connectivity index is 1.71. The Hall–Kier alpha value is -1.65. The molecule has 170 valence electrons. The molecular weight excluding hydrogens is 424 g/mol. The fourth-order valence-electron chi connectivity index (χ4n) is 4.32. The van der Waals surface area contributed by atoms with E-state index in [0.29, 0.717) is 0 Å². The maximum absolute atomic E-state index is 13.3. The van der Waals surface area contributed by atoms with E-state index in [2.05, 4.69) is 0 Å². The van der Waals surface area contributed by atoms with Gasteiger partial charge in [0.2, 0.25) is 0 Å². The topological polar surface area (TPSA) is 89.5 Å². The summed E-state index contributed by atoms with van der Waals surface area (Å²) in [6, 6.07) is 9.60. The van der Waals surface area contributed by atoms with Gasteiger partial charge in [0, 0.05) is 4.90 Å². The number of benzene rings is 1. The van der Waals surface area contributed by atoms with E-state index in [1.807, 2.05) is 30.3 Å². The summed E-state index contributed by atoms with van der Waals surface area (Å²) in [4.78, 5) is 26.7. The smallest absolute Gasteiger partial charge is 0.340 e. The lowest BCUT2D eigenvalue weighted by molar-refractivity contribution is -0.210. The molecule has 6 atom stereocenters. The molecular formula is C22H28O8S. The molecule has 0 aliphatic carbocycles. The van der Waals surface area contributed by atoms with Crippen molar-refractivity contribution in [2.24, 2.45) is 0 Å². The molecule has 3 aliphatic heterocycles. The first-order chi connectivity index (χ1) is 14.8. The zero-order valence-corrected chi connectivity index (χ0v) is 18.9. The molecule has 8 nitrogen and oxygen atoms in total. The van der Waals surface area contributed by atoms with Gasteiger partial charge in [-0.3, -0.25) is 4.79 Å². The van der Waals surface area contributed by atoms with E-state index in [-0.39, 0.29) is 19.6 Å². The molecule has 3 heterocycles. The third-order valence-electron chi connectivity index (χ3n) is 5.47. The Bertz CT molecular complexity index is 815. The average Bonchev–Trinajstić information content (AvgIpc) is 3.29. The van der Waals surface area contributed by atoms with Crippen molar-refractivity contribution in [3.05, 3.63) is 30.3 Å². The van der Waals surface area contributed by atoms with Crippen LogP contribution in [0.1, 0.15) is 34.1 Å². The number of ether oxygens (including phenoxy) is 6. The standard InChI is InChI=1S/C22H28O8S/c1-5-25-14(23)12-22(20(24)26-6-2)18(31-13-10-8-7-9-11-13)16-15(29-22)17-19(27-16)30-21(3,4)28-17/h7-11,15-19H,5-6,12H2,1-4H3/t15-,16-,17-,18+,19-,22-/m1/s1. The summed E-state index contributed by atoms with van der Waals surface area (Å²) in [6.07, 6.45) is -2.52. The molecule has 0 bridgehead atoms. The number of thioether (sulfide) groups is 1. The van der Waals surface area contributed by atoms with Gasteiger partial charge in [0.25, 0.3) is 0 Å². The molecule has 0 N–H and O–H groups in total. The summed E-state index contributed by atoms with van der Waals surface area (Å²) >= 11 is 1.42. The predicted molar refractivity (Wildman–Crippen MR) is 110 cm³/mol. The van der Waals surface area contributed by atoms with Crippen LogP contribution in [-0.4, -0.2) is 66.4 Å². The molecule has 0 unspecified atom stereocenters. The Morgan fingerprint density at radius 1 is 0.968 bits per heavy atom. The molecule has 1 aromatic carbocycles. The van der Waals surface area contributed by atoms with Gasteiger partial charge in [0.05, 0.1) is 24.9 Å². The molecule has 3 saturated heterocycles. The third-order valence-corrected chi connectivity index (χ3v) is 6.92. The SMILES string of the molecule is CCOC(=O)C[C@@]1(C(=O)OCC)O[C@@H]2[C@@H](O[C@@H]3OC(C)(C)O[C@@H]32)[C@@H]1Sc1ccccc1. The van der Waals surface area contributed by atoms with Gasteiger partial charge in [-0.1, -0.05) is 18.2 Å². The van der Waals surface area contributed by atoms with Crippen LogP contribution in [0.25, 0.3) is 0 Å². The van der Waals surface area contributed by atoms with Crippen molar-refractivity contribution in [2.45, 2.75) is 80.3 Å². The Labute approximate surface area is 185 Å². The minimum atomic E-state index is -1.57. The molecule has 4 rings (SSSR count). The summed E-state index contributed by atoms with van der Waals surface area (Å²) in [5.41, 5.74) is -1.57. The quantitative estimate of drug-likeness (QED) is 0.579. The maximum Gasteiger partial charge on any atom is 0.340 e. The van der Waals surface area contributed by atoms with Crippen LogP contribution in [0.15, 0.2) is 35.2 Å². The Morgan fingerprint density at radius 2 is 1.68 bits per heavy atom. The van der Waals surface area contributed by atoms with Gasteiger partial charge in [0.15, 0.2) is 17.7 Å². The molecule has 0 spiro atoms. The van der Waals surface area contributed by atoms with Gasteiger partial charge in [-0.05, 0) is 39.8 Å². The number of carbonyl (C=O) groups excluding carboxylic acids is 2.